The van der Waals surface area contributed by atoms with Gasteiger partial charge in [-0.1, -0.05) is 18.5 Å². The van der Waals surface area contributed by atoms with Crippen LogP contribution in [0.25, 0.3) is 0 Å². The Balaban J connectivity index is 2.00. The van der Waals surface area contributed by atoms with E-state index in [1.807, 2.05) is 6.92 Å². The molecule has 9 heteroatoms. The fraction of sp³-hybridized carbons (Fsp3) is 0.333. The smallest absolute Gasteiger partial charge is 0.252 e. The van der Waals surface area contributed by atoms with Crippen molar-refractivity contribution in [2.75, 3.05) is 12.0 Å². The second-order valence-corrected chi connectivity index (χ2v) is 9.31. The topological polar surface area (TPSA) is 84.0 Å². The largest absolute Gasteiger partial charge is 0.497 e. The maximum atomic E-state index is 13.4. The zero-order chi connectivity index (χ0) is 22.1. The molecule has 2 atom stereocenters. The summed E-state index contributed by atoms with van der Waals surface area (Å²) < 4.78 is 33.1. The summed E-state index contributed by atoms with van der Waals surface area (Å²) in [6.07, 6.45) is 0.259. The molecule has 7 nitrogen and oxygen atoms in total. The van der Waals surface area contributed by atoms with Crippen LogP contribution in [-0.2, 0) is 19.6 Å². The Labute approximate surface area is 181 Å². The van der Waals surface area contributed by atoms with Crippen LogP contribution in [0, 0.1) is 0 Å². The van der Waals surface area contributed by atoms with E-state index in [9.17, 15) is 18.0 Å². The van der Waals surface area contributed by atoms with Gasteiger partial charge in [0.15, 0.2) is 0 Å². The third kappa shape index (κ3) is 4.08. The SMILES string of the molecule is CCC(C)N(C1CC(=O)N(c2ccc(Cl)cc2)C1=O)S(=O)(=O)c1ccc(OC)cc1. The molecule has 1 heterocycles. The number of hydrogen-bond acceptors (Lipinski definition) is 5. The van der Waals surface area contributed by atoms with Crippen LogP contribution in [0.4, 0.5) is 5.69 Å². The number of ether oxygens (including phenoxy) is 1. The molecule has 160 valence electrons. The van der Waals surface area contributed by atoms with E-state index in [4.69, 9.17) is 16.3 Å². The molecule has 2 amide bonds. The highest BCUT2D eigenvalue weighted by Gasteiger charge is 2.48. The van der Waals surface area contributed by atoms with Crippen LogP contribution in [0.15, 0.2) is 53.4 Å². The van der Waals surface area contributed by atoms with Gasteiger partial charge in [-0.05, 0) is 61.9 Å². The van der Waals surface area contributed by atoms with Crippen LogP contribution in [0.5, 0.6) is 5.75 Å². The first-order chi connectivity index (χ1) is 14.2. The Bertz CT molecular complexity index is 1040. The molecule has 0 saturated carbocycles. The number of amides is 2. The van der Waals surface area contributed by atoms with E-state index in [0.717, 1.165) is 9.21 Å². The van der Waals surface area contributed by atoms with Crippen LogP contribution in [0.3, 0.4) is 0 Å². The summed E-state index contributed by atoms with van der Waals surface area (Å²) in [5.41, 5.74) is 0.364. The molecule has 1 aliphatic rings. The quantitative estimate of drug-likeness (QED) is 0.603. The van der Waals surface area contributed by atoms with Gasteiger partial charge in [0.1, 0.15) is 11.8 Å². The molecule has 0 spiro atoms. The van der Waals surface area contributed by atoms with Gasteiger partial charge >= 0.3 is 0 Å². The minimum atomic E-state index is -4.03. The third-order valence-electron chi connectivity index (χ3n) is 5.17. The zero-order valence-electron chi connectivity index (χ0n) is 16.9. The molecule has 0 N–H and O–H groups in total. The molecule has 2 unspecified atom stereocenters. The van der Waals surface area contributed by atoms with Crippen LogP contribution < -0.4 is 9.64 Å². The number of sulfonamides is 1. The van der Waals surface area contributed by atoms with Crippen LogP contribution in [0.2, 0.25) is 5.02 Å². The second kappa shape index (κ2) is 8.75. The molecule has 0 aromatic heterocycles. The highest BCUT2D eigenvalue weighted by atomic mass is 35.5. The van der Waals surface area contributed by atoms with Gasteiger partial charge in [0.05, 0.1) is 24.1 Å². The lowest BCUT2D eigenvalue weighted by Gasteiger charge is -2.31. The number of hydrogen-bond donors (Lipinski definition) is 0. The molecule has 0 aliphatic carbocycles. The van der Waals surface area contributed by atoms with Crippen molar-refractivity contribution >= 4 is 39.1 Å². The number of imide groups is 1. The first kappa shape index (κ1) is 22.3. The van der Waals surface area contributed by atoms with Crippen molar-refractivity contribution in [3.05, 3.63) is 53.6 Å². The summed E-state index contributed by atoms with van der Waals surface area (Å²) in [5.74, 6) is -0.504. The van der Waals surface area contributed by atoms with E-state index in [2.05, 4.69) is 0 Å². The number of carbonyl (C=O) groups excluding carboxylic acids is 2. The van der Waals surface area contributed by atoms with E-state index in [1.54, 1.807) is 43.3 Å². The predicted molar refractivity (Wildman–Crippen MR) is 114 cm³/mol. The van der Waals surface area contributed by atoms with Crippen molar-refractivity contribution < 1.29 is 22.7 Å². The molecule has 1 fully saturated rings. The Kier molecular flexibility index (Phi) is 6.50. The van der Waals surface area contributed by atoms with E-state index in [-0.39, 0.29) is 11.3 Å². The Hall–Kier alpha value is -2.42. The number of anilines is 1. The van der Waals surface area contributed by atoms with Crippen LogP contribution >= 0.6 is 11.6 Å². The molecule has 3 rings (SSSR count). The normalized spacial score (nSPS) is 18.2. The van der Waals surface area contributed by atoms with Crippen LogP contribution in [0.1, 0.15) is 26.7 Å². The van der Waals surface area contributed by atoms with Gasteiger partial charge in [-0.15, -0.1) is 0 Å². The maximum Gasteiger partial charge on any atom is 0.252 e. The highest BCUT2D eigenvalue weighted by molar-refractivity contribution is 7.89. The van der Waals surface area contributed by atoms with E-state index in [0.29, 0.717) is 22.9 Å². The maximum absolute atomic E-state index is 13.4. The molecule has 0 radical (unpaired) electrons. The molecule has 30 heavy (non-hydrogen) atoms. The van der Waals surface area contributed by atoms with E-state index in [1.165, 1.54) is 19.2 Å². The van der Waals surface area contributed by atoms with E-state index < -0.39 is 33.9 Å². The minimum Gasteiger partial charge on any atom is -0.497 e. The van der Waals surface area contributed by atoms with Crippen LogP contribution in [-0.4, -0.2) is 43.7 Å². The Morgan fingerprint density at radius 2 is 1.73 bits per heavy atom. The summed E-state index contributed by atoms with van der Waals surface area (Å²) in [6.45, 7) is 3.56. The minimum absolute atomic E-state index is 0.0359. The predicted octanol–water partition coefficient (Wildman–Crippen LogP) is 3.47. The summed E-state index contributed by atoms with van der Waals surface area (Å²) >= 11 is 5.90. The number of benzene rings is 2. The molecule has 2 aromatic rings. The fourth-order valence-corrected chi connectivity index (χ4v) is 5.41. The lowest BCUT2D eigenvalue weighted by molar-refractivity contribution is -0.122. The van der Waals surface area contributed by atoms with Crippen molar-refractivity contribution in [1.82, 2.24) is 4.31 Å². The van der Waals surface area contributed by atoms with Gasteiger partial charge in [-0.3, -0.25) is 9.59 Å². The summed E-state index contributed by atoms with van der Waals surface area (Å²) in [4.78, 5) is 26.9. The fourth-order valence-electron chi connectivity index (χ4n) is 3.44. The lowest BCUT2D eigenvalue weighted by atomic mass is 10.2. The number of nitrogens with zero attached hydrogens (tertiary/aromatic N) is 2. The molecule has 1 saturated heterocycles. The number of halogens is 1. The average molecular weight is 451 g/mol. The standard InChI is InChI=1S/C21H23ClN2O5S/c1-4-14(2)24(30(27,28)18-11-9-17(29-3)10-12-18)19-13-20(25)23(21(19)26)16-7-5-15(22)6-8-16/h5-12,14,19H,4,13H2,1-3H3. The second-order valence-electron chi connectivity index (χ2n) is 7.03. The Morgan fingerprint density at radius 1 is 1.13 bits per heavy atom. The first-order valence-corrected chi connectivity index (χ1v) is 11.3. The molecule has 1 aliphatic heterocycles. The van der Waals surface area contributed by atoms with Gasteiger partial charge in [-0.25, -0.2) is 13.3 Å². The number of methoxy groups -OCH3 is 1. The van der Waals surface area contributed by atoms with Crippen molar-refractivity contribution in [3.8, 4) is 5.75 Å². The van der Waals surface area contributed by atoms with Gasteiger partial charge in [0.2, 0.25) is 15.9 Å². The lowest BCUT2D eigenvalue weighted by Crippen LogP contribution is -2.49. The summed E-state index contributed by atoms with van der Waals surface area (Å²) in [5, 5.41) is 0.470. The summed E-state index contributed by atoms with van der Waals surface area (Å²) in [7, 11) is -2.54. The Morgan fingerprint density at radius 3 is 2.27 bits per heavy atom. The van der Waals surface area contributed by atoms with Crippen molar-refractivity contribution in [2.24, 2.45) is 0 Å². The van der Waals surface area contributed by atoms with Gasteiger partial charge in [-0.2, -0.15) is 4.31 Å². The molecular formula is C21H23ClN2O5S. The first-order valence-electron chi connectivity index (χ1n) is 9.50. The van der Waals surface area contributed by atoms with Gasteiger partial charge < -0.3 is 4.74 Å². The zero-order valence-corrected chi connectivity index (χ0v) is 18.5. The van der Waals surface area contributed by atoms with Gasteiger partial charge in [0, 0.05) is 11.1 Å². The average Bonchev–Trinajstić information content (AvgIpc) is 3.02. The van der Waals surface area contributed by atoms with Crippen molar-refractivity contribution in [2.45, 2.75) is 43.7 Å². The molecular weight excluding hydrogens is 428 g/mol. The monoisotopic (exact) mass is 450 g/mol. The van der Waals surface area contributed by atoms with Gasteiger partial charge in [0.25, 0.3) is 5.91 Å². The highest BCUT2D eigenvalue weighted by Crippen LogP contribution is 2.32. The third-order valence-corrected chi connectivity index (χ3v) is 7.46. The summed E-state index contributed by atoms with van der Waals surface area (Å²) in [6, 6.07) is 10.6. The number of carbonyl (C=O) groups is 2. The van der Waals surface area contributed by atoms with E-state index >= 15 is 0 Å². The molecule has 2 aromatic carbocycles. The van der Waals surface area contributed by atoms with Crippen molar-refractivity contribution in [1.29, 1.82) is 0 Å². The number of rotatable bonds is 7. The molecule has 0 bridgehead atoms. The van der Waals surface area contributed by atoms with Crippen molar-refractivity contribution in [3.63, 3.8) is 0 Å².